The fourth-order valence-corrected chi connectivity index (χ4v) is 7.13. The zero-order valence-corrected chi connectivity index (χ0v) is 29.4. The second-order valence-corrected chi connectivity index (χ2v) is 15.1. The lowest BCUT2D eigenvalue weighted by Gasteiger charge is -2.30. The van der Waals surface area contributed by atoms with Crippen LogP contribution in [0.3, 0.4) is 0 Å². The number of hydrogen-bond acceptors (Lipinski definition) is 8. The topological polar surface area (TPSA) is 73.6 Å². The van der Waals surface area contributed by atoms with Crippen molar-refractivity contribution in [3.8, 4) is 12.1 Å². The van der Waals surface area contributed by atoms with Gasteiger partial charge in [0.05, 0.1) is 19.8 Å². The first-order chi connectivity index (χ1) is 23.8. The van der Waals surface area contributed by atoms with Crippen LogP contribution in [0.5, 0.6) is 0 Å². The van der Waals surface area contributed by atoms with E-state index in [1.165, 1.54) is 22.9 Å². The average Bonchev–Trinajstić information content (AvgIpc) is 3.31. The molecule has 0 aromatic heterocycles. The Bertz CT molecular complexity index is 1620. The molecule has 0 atom stereocenters. The van der Waals surface area contributed by atoms with Crippen LogP contribution < -0.4 is 4.90 Å². The Morgan fingerprint density at radius 3 is 2.33 bits per heavy atom. The molecule has 46 heavy (non-hydrogen) atoms. The molecular weight excluding hydrogens is 626 g/mol. The lowest BCUT2D eigenvalue weighted by molar-refractivity contribution is 0.355. The Morgan fingerprint density at radius 1 is 1.09 bits per heavy atom. The molecule has 0 N–H and O–H groups in total. The van der Waals surface area contributed by atoms with Crippen LogP contribution in [-0.4, -0.2) is 63.2 Å². The summed E-state index contributed by atoms with van der Waals surface area (Å²) < 4.78 is 40.0. The third kappa shape index (κ3) is 11.1. The summed E-state index contributed by atoms with van der Waals surface area (Å²) in [7, 11) is -1.85. The molecule has 1 aliphatic carbocycles. The Balaban J connectivity index is 1.74. The molecule has 0 unspecified atom stereocenters. The predicted octanol–water partition coefficient (Wildman–Crippen LogP) is 7.25. The molecule has 2 aliphatic rings. The van der Waals surface area contributed by atoms with Gasteiger partial charge in [-0.3, -0.25) is 0 Å². The van der Waals surface area contributed by atoms with E-state index in [4.69, 9.17) is 20.3 Å². The Kier molecular flexibility index (Phi) is 12.6. The molecule has 0 saturated heterocycles. The highest BCUT2D eigenvalue weighted by molar-refractivity contribution is 8.05. The minimum Gasteiger partial charge on any atom is -0.367 e. The minimum absolute atomic E-state index is 0.0219. The van der Waals surface area contributed by atoms with Gasteiger partial charge in [0.15, 0.2) is 0 Å². The Morgan fingerprint density at radius 2 is 1.74 bits per heavy atom. The zero-order valence-electron chi connectivity index (χ0n) is 30.9. The van der Waals surface area contributed by atoms with Crippen molar-refractivity contribution in [1.29, 1.82) is 15.9 Å². The zero-order chi connectivity index (χ0) is 36.7. The van der Waals surface area contributed by atoms with Gasteiger partial charge in [-0.05, 0) is 107 Å². The van der Waals surface area contributed by atoms with Crippen LogP contribution in [0.2, 0.25) is 0 Å². The fraction of sp³-hybridized carbons (Fsp3) is 0.400. The first-order valence-electron chi connectivity index (χ1n) is 17.2. The highest BCUT2D eigenvalue weighted by Crippen LogP contribution is 2.52. The minimum atomic E-state index is -0.927. The van der Waals surface area contributed by atoms with Crippen LogP contribution in [0.25, 0.3) is 10.9 Å². The maximum absolute atomic E-state index is 9.40. The van der Waals surface area contributed by atoms with E-state index in [9.17, 15) is 10.5 Å². The van der Waals surface area contributed by atoms with Crippen molar-refractivity contribution in [2.75, 3.05) is 42.5 Å². The van der Waals surface area contributed by atoms with Crippen LogP contribution in [0.4, 0.5) is 5.69 Å². The number of nitrogens with zero attached hydrogens (tertiary/aromatic N) is 4. The number of thioether (sulfide) groups is 1. The van der Waals surface area contributed by atoms with E-state index in [1.807, 2.05) is 38.1 Å². The monoisotopic (exact) mass is 674 g/mol. The van der Waals surface area contributed by atoms with Crippen molar-refractivity contribution < 1.29 is 8.37 Å². The van der Waals surface area contributed by atoms with E-state index in [2.05, 4.69) is 72.2 Å². The molecule has 3 rings (SSSR count). The highest BCUT2D eigenvalue weighted by Gasteiger charge is 2.37. The molecule has 0 spiro atoms. The third-order valence-electron chi connectivity index (χ3n) is 7.29. The smallest absolute Gasteiger partial charge is 0.207 e. The van der Waals surface area contributed by atoms with E-state index in [0.29, 0.717) is 36.9 Å². The standard InChI is InChI=1S/C35H42B2N4O2S3/c1-34(2)20-27(7-6-8-31-32(40-5)33(29(22-38)23-39)46-35(31,3)4)19-28(21-34)10-9-26-11-13-30(14-12-26)41(15-17-42-44-24-36)16-18-43-45-25-37/h6-14,19H,15-18,20-21,24-25,36-37H2,1-4H3/b8-6+,10-9+,27-7-/i36TD,37TD. The maximum Gasteiger partial charge on any atom is 0.207 e. The first-order valence-corrected chi connectivity index (χ1v) is 17.6. The van der Waals surface area contributed by atoms with Crippen molar-refractivity contribution in [3.05, 3.63) is 105 Å². The number of rotatable bonds is 17. The molecule has 0 radical (unpaired) electrons. The van der Waals surface area contributed by atoms with E-state index >= 15 is 0 Å². The molecule has 1 aromatic rings. The number of hydrogen-bond donors (Lipinski definition) is 0. The van der Waals surface area contributed by atoms with Crippen molar-refractivity contribution in [2.24, 2.45) is 5.41 Å². The lowest BCUT2D eigenvalue weighted by atomic mass is 9.75. The molecule has 0 amide bonds. The summed E-state index contributed by atoms with van der Waals surface area (Å²) in [6.07, 6.45) is 14.3. The summed E-state index contributed by atoms with van der Waals surface area (Å²) in [5.41, 5.74) is 6.28. The SMILES string of the molecule is [2H]B([3H])CSOCCN(CCOSCB([2H])[3H])c1ccc(/C=C/C2=CC(=C/C=C/C3=C([N+]#[C-])C(=C(C#N)C#N)SC3(C)C)/CC(C)(C)C2)cc1. The summed E-state index contributed by atoms with van der Waals surface area (Å²) in [5.74, 6) is 0. The summed E-state index contributed by atoms with van der Waals surface area (Å²) in [5, 5.41) is 18.8. The van der Waals surface area contributed by atoms with Crippen LogP contribution >= 0.6 is 35.8 Å². The van der Waals surface area contributed by atoms with Gasteiger partial charge in [0.1, 0.15) is 33.3 Å². The van der Waals surface area contributed by atoms with Crippen LogP contribution in [0.15, 0.2) is 87.5 Å². The van der Waals surface area contributed by atoms with Gasteiger partial charge < -0.3 is 13.3 Å². The summed E-state index contributed by atoms with van der Waals surface area (Å²) in [6.45, 7) is 18.3. The summed E-state index contributed by atoms with van der Waals surface area (Å²) >= 11 is 3.65. The second-order valence-electron chi connectivity index (χ2n) is 11.9. The number of benzene rings is 1. The molecule has 0 fully saturated rings. The Hall–Kier alpha value is -2.97. The van der Waals surface area contributed by atoms with Gasteiger partial charge in [-0.1, -0.05) is 62.4 Å². The van der Waals surface area contributed by atoms with Gasteiger partial charge in [0.25, 0.3) is 0 Å². The summed E-state index contributed by atoms with van der Waals surface area (Å²) in [6, 6.07) is 12.1. The van der Waals surface area contributed by atoms with E-state index < -0.39 is 20.3 Å². The molecule has 238 valence electrons. The fourth-order valence-electron chi connectivity index (χ4n) is 5.32. The highest BCUT2D eigenvalue weighted by atomic mass is 32.2. The largest absolute Gasteiger partial charge is 0.367 e. The van der Waals surface area contributed by atoms with Crippen molar-refractivity contribution in [2.45, 2.75) is 45.3 Å². The predicted molar refractivity (Wildman–Crippen MR) is 203 cm³/mol. The molecular formula is C35H42B2N4O2S3. The van der Waals surface area contributed by atoms with Gasteiger partial charge in [-0.15, -0.1) is 11.8 Å². The van der Waals surface area contributed by atoms with E-state index in [1.54, 1.807) is 0 Å². The Labute approximate surface area is 296 Å². The average molecular weight is 675 g/mol. The van der Waals surface area contributed by atoms with Crippen molar-refractivity contribution in [1.82, 2.24) is 0 Å². The summed E-state index contributed by atoms with van der Waals surface area (Å²) in [4.78, 5) is 6.30. The van der Waals surface area contributed by atoms with Gasteiger partial charge in [0.2, 0.25) is 5.70 Å². The molecule has 0 bridgehead atoms. The maximum atomic E-state index is 9.40. The van der Waals surface area contributed by atoms with Gasteiger partial charge in [-0.2, -0.15) is 10.5 Å². The molecule has 0 saturated carbocycles. The quantitative estimate of drug-likeness (QED) is 0.0563. The molecule has 1 heterocycles. The molecule has 6 nitrogen and oxygen atoms in total. The van der Waals surface area contributed by atoms with Crippen LogP contribution in [-0.2, 0) is 8.37 Å². The number of anilines is 1. The van der Waals surface area contributed by atoms with E-state index in [-0.39, 0.29) is 22.3 Å². The molecule has 11 heteroatoms. The normalized spacial score (nSPS) is 19.1. The van der Waals surface area contributed by atoms with Crippen LogP contribution in [0.1, 0.15) is 46.1 Å². The van der Waals surface area contributed by atoms with Gasteiger partial charge in [-0.25, -0.2) is 4.85 Å². The van der Waals surface area contributed by atoms with E-state index in [0.717, 1.165) is 53.8 Å². The lowest BCUT2D eigenvalue weighted by Crippen LogP contribution is -2.30. The van der Waals surface area contributed by atoms with Gasteiger partial charge in [0, 0.05) is 28.4 Å². The number of allylic oxidation sites excluding steroid dienone is 8. The molecule has 1 aliphatic heterocycles. The van der Waals surface area contributed by atoms with Crippen molar-refractivity contribution >= 4 is 63.2 Å². The van der Waals surface area contributed by atoms with Crippen molar-refractivity contribution in [3.63, 3.8) is 0 Å². The third-order valence-corrected chi connectivity index (χ3v) is 9.56. The van der Waals surface area contributed by atoms with Crippen LogP contribution in [0, 0.1) is 34.6 Å². The first kappa shape index (κ1) is 31.6. The molecule has 1 aromatic carbocycles. The van der Waals surface area contributed by atoms with Gasteiger partial charge >= 0.3 is 0 Å². The second kappa shape index (κ2) is 18.4. The number of nitriles is 2.